The van der Waals surface area contributed by atoms with E-state index in [-0.39, 0.29) is 29.1 Å². The molecule has 2 aromatic rings. The number of carbonyl (C=O) groups excluding carboxylic acids is 1. The van der Waals surface area contributed by atoms with Crippen LogP contribution < -0.4 is 14.8 Å². The van der Waals surface area contributed by atoms with Crippen molar-refractivity contribution in [2.24, 2.45) is 0 Å². The number of halogens is 1. The summed E-state index contributed by atoms with van der Waals surface area (Å²) in [6.07, 6.45) is 0. The molecule has 0 aliphatic rings. The van der Waals surface area contributed by atoms with Crippen molar-refractivity contribution in [1.29, 1.82) is 0 Å². The van der Waals surface area contributed by atoms with Crippen LogP contribution in [0, 0.1) is 10.1 Å². The first-order valence-corrected chi connectivity index (χ1v) is 7.82. The fraction of sp³-hybridized carbons (Fsp3) is 0.188. The van der Waals surface area contributed by atoms with Gasteiger partial charge in [0.1, 0.15) is 21.7 Å². The van der Waals surface area contributed by atoms with E-state index in [0.717, 1.165) is 0 Å². The summed E-state index contributed by atoms with van der Waals surface area (Å²) < 4.78 is 10.9. The summed E-state index contributed by atoms with van der Waals surface area (Å²) in [4.78, 5) is 22.6. The van der Waals surface area contributed by atoms with Gasteiger partial charge in [0.25, 0.3) is 11.6 Å². The lowest BCUT2D eigenvalue weighted by Gasteiger charge is -2.12. The summed E-state index contributed by atoms with van der Waals surface area (Å²) in [6.45, 7) is -0.0763. The number of carbonyl (C=O) groups is 1. The summed E-state index contributed by atoms with van der Waals surface area (Å²) in [5.41, 5.74) is 0.342. The van der Waals surface area contributed by atoms with Gasteiger partial charge in [0, 0.05) is 29.8 Å². The Morgan fingerprint density at radius 1 is 1.24 bits per heavy atom. The second kappa shape index (κ2) is 7.84. The number of methoxy groups -OCH3 is 2. The van der Waals surface area contributed by atoms with Gasteiger partial charge < -0.3 is 19.9 Å². The van der Waals surface area contributed by atoms with E-state index in [4.69, 9.17) is 9.47 Å². The van der Waals surface area contributed by atoms with Crippen LogP contribution in [0.4, 0.5) is 5.69 Å². The number of benzene rings is 2. The first kappa shape index (κ1) is 18.5. The highest BCUT2D eigenvalue weighted by Crippen LogP contribution is 2.35. The number of nitrogens with one attached hydrogen (secondary N) is 1. The van der Waals surface area contributed by atoms with Crippen LogP contribution >= 0.6 is 15.9 Å². The minimum absolute atomic E-state index is 0.0763. The molecule has 2 aromatic carbocycles. The van der Waals surface area contributed by atoms with E-state index < -0.39 is 10.8 Å². The molecule has 9 heteroatoms. The van der Waals surface area contributed by atoms with Crippen molar-refractivity contribution in [3.05, 3.63) is 56.0 Å². The molecule has 1 amide bonds. The average molecular weight is 411 g/mol. The van der Waals surface area contributed by atoms with Gasteiger partial charge in [0.05, 0.1) is 19.1 Å². The maximum Gasteiger partial charge on any atom is 0.270 e. The zero-order chi connectivity index (χ0) is 18.6. The molecule has 0 aliphatic carbocycles. The predicted molar refractivity (Wildman–Crippen MR) is 93.2 cm³/mol. The van der Waals surface area contributed by atoms with Crippen LogP contribution in [0.25, 0.3) is 0 Å². The van der Waals surface area contributed by atoms with Crippen LogP contribution in [0.15, 0.2) is 34.8 Å². The Labute approximate surface area is 151 Å². The fourth-order valence-electron chi connectivity index (χ4n) is 2.11. The van der Waals surface area contributed by atoms with Crippen LogP contribution in [0.5, 0.6) is 17.2 Å². The Morgan fingerprint density at radius 3 is 2.36 bits per heavy atom. The van der Waals surface area contributed by atoms with Gasteiger partial charge in [-0.15, -0.1) is 0 Å². The highest BCUT2D eigenvalue weighted by molar-refractivity contribution is 9.10. The highest BCUT2D eigenvalue weighted by Gasteiger charge is 2.16. The Hall–Kier alpha value is -2.81. The molecule has 2 N–H and O–H groups in total. The lowest BCUT2D eigenvalue weighted by molar-refractivity contribution is -0.384. The summed E-state index contributed by atoms with van der Waals surface area (Å²) in [6, 6.07) is 6.65. The van der Waals surface area contributed by atoms with Crippen molar-refractivity contribution in [2.75, 3.05) is 14.2 Å². The quantitative estimate of drug-likeness (QED) is 0.559. The number of nitro groups is 1. The number of phenolic OH excluding ortho intramolecular Hbond substituents is 1. The number of hydrogen-bond donors (Lipinski definition) is 2. The third-order valence-corrected chi connectivity index (χ3v) is 4.20. The van der Waals surface area contributed by atoms with Crippen molar-refractivity contribution >= 4 is 27.5 Å². The average Bonchev–Trinajstić information content (AvgIpc) is 2.60. The van der Waals surface area contributed by atoms with Gasteiger partial charge in [0.15, 0.2) is 0 Å². The minimum atomic E-state index is -0.574. The molecule has 8 nitrogen and oxygen atoms in total. The third kappa shape index (κ3) is 4.18. The highest BCUT2D eigenvalue weighted by atomic mass is 79.9. The molecule has 0 bridgehead atoms. The van der Waals surface area contributed by atoms with Crippen molar-refractivity contribution in [3.63, 3.8) is 0 Å². The minimum Gasteiger partial charge on any atom is -0.508 e. The predicted octanol–water partition coefficient (Wildman–Crippen LogP) is 3.01. The van der Waals surface area contributed by atoms with Crippen LogP contribution in [0.3, 0.4) is 0 Å². The molecule has 0 saturated carbocycles. The SMILES string of the molecule is COc1cc(C(=O)NCc2cc([N+](=O)[O-])ccc2O)cc(OC)c1Br. The molecule has 0 unspecified atom stereocenters. The molecule has 0 aliphatic heterocycles. The number of amides is 1. The topological polar surface area (TPSA) is 111 Å². The van der Waals surface area contributed by atoms with E-state index in [9.17, 15) is 20.0 Å². The summed E-state index contributed by atoms with van der Waals surface area (Å²) in [5, 5.41) is 23.2. The Bertz CT molecular complexity index is 799. The molecular formula is C16H15BrN2O6. The maximum atomic E-state index is 12.3. The van der Waals surface area contributed by atoms with E-state index >= 15 is 0 Å². The lowest BCUT2D eigenvalue weighted by Crippen LogP contribution is -2.23. The Morgan fingerprint density at radius 2 is 1.84 bits per heavy atom. The molecule has 0 spiro atoms. The van der Waals surface area contributed by atoms with E-state index in [0.29, 0.717) is 16.0 Å². The Kier molecular flexibility index (Phi) is 5.81. The van der Waals surface area contributed by atoms with Crippen molar-refractivity contribution in [3.8, 4) is 17.2 Å². The van der Waals surface area contributed by atoms with Gasteiger partial charge in [-0.25, -0.2) is 0 Å². The van der Waals surface area contributed by atoms with Crippen molar-refractivity contribution in [1.82, 2.24) is 5.32 Å². The molecule has 0 aromatic heterocycles. The normalized spacial score (nSPS) is 10.2. The zero-order valence-corrected chi connectivity index (χ0v) is 15.0. The number of non-ortho nitro benzene ring substituents is 1. The first-order valence-electron chi connectivity index (χ1n) is 7.03. The fourth-order valence-corrected chi connectivity index (χ4v) is 2.66. The second-order valence-electron chi connectivity index (χ2n) is 4.95. The van der Waals surface area contributed by atoms with Crippen LogP contribution in [0.2, 0.25) is 0 Å². The monoisotopic (exact) mass is 410 g/mol. The van der Waals surface area contributed by atoms with Crippen LogP contribution in [-0.4, -0.2) is 30.2 Å². The van der Waals surface area contributed by atoms with Gasteiger partial charge >= 0.3 is 0 Å². The van der Waals surface area contributed by atoms with Gasteiger partial charge in [-0.3, -0.25) is 14.9 Å². The van der Waals surface area contributed by atoms with E-state index in [1.807, 2.05) is 0 Å². The smallest absolute Gasteiger partial charge is 0.270 e. The Balaban J connectivity index is 2.21. The second-order valence-corrected chi connectivity index (χ2v) is 5.74. The molecule has 132 valence electrons. The van der Waals surface area contributed by atoms with Crippen molar-refractivity contribution in [2.45, 2.75) is 6.54 Å². The maximum absolute atomic E-state index is 12.3. The molecule has 0 saturated heterocycles. The van der Waals surface area contributed by atoms with Gasteiger partial charge in [-0.2, -0.15) is 0 Å². The summed E-state index contributed by atoms with van der Waals surface area (Å²) >= 11 is 3.31. The lowest BCUT2D eigenvalue weighted by atomic mass is 10.1. The number of aromatic hydroxyl groups is 1. The molecule has 2 rings (SSSR count). The van der Waals surface area contributed by atoms with Crippen LogP contribution in [0.1, 0.15) is 15.9 Å². The van der Waals surface area contributed by atoms with Crippen molar-refractivity contribution < 1.29 is 24.3 Å². The van der Waals surface area contributed by atoms with E-state index in [1.54, 1.807) is 0 Å². The van der Waals surface area contributed by atoms with E-state index in [2.05, 4.69) is 21.2 Å². The number of hydrogen-bond acceptors (Lipinski definition) is 6. The third-order valence-electron chi connectivity index (χ3n) is 3.42. The van der Waals surface area contributed by atoms with Gasteiger partial charge in [0.2, 0.25) is 0 Å². The zero-order valence-electron chi connectivity index (χ0n) is 13.4. The van der Waals surface area contributed by atoms with Gasteiger partial charge in [-0.1, -0.05) is 0 Å². The molecule has 0 radical (unpaired) electrons. The van der Waals surface area contributed by atoms with Gasteiger partial charge in [-0.05, 0) is 34.1 Å². The number of nitro benzene ring substituents is 1. The summed E-state index contributed by atoms with van der Waals surface area (Å²) in [7, 11) is 2.92. The number of rotatable bonds is 6. The van der Waals surface area contributed by atoms with E-state index in [1.165, 1.54) is 44.6 Å². The standard InChI is InChI=1S/C16H15BrN2O6/c1-24-13-6-9(7-14(25-2)15(13)17)16(21)18-8-10-5-11(19(22)23)3-4-12(10)20/h3-7,20H,8H2,1-2H3,(H,18,21). The summed E-state index contributed by atoms with van der Waals surface area (Å²) in [5.74, 6) is 0.247. The molecule has 0 atom stereocenters. The molecule has 25 heavy (non-hydrogen) atoms. The molecule has 0 heterocycles. The molecule has 0 fully saturated rings. The number of nitrogens with zero attached hydrogens (tertiary/aromatic N) is 1. The largest absolute Gasteiger partial charge is 0.508 e. The van der Waals surface area contributed by atoms with Crippen LogP contribution in [-0.2, 0) is 6.54 Å². The number of ether oxygens (including phenoxy) is 2. The molecular weight excluding hydrogens is 396 g/mol. The first-order chi connectivity index (χ1) is 11.9. The number of phenols is 1.